The SMILES string of the molecule is CCNC1c2cc(F)cc(Cl)c2CSC1C(C)C. The zero-order valence-corrected chi connectivity index (χ0v) is 12.5. The molecule has 1 aromatic rings. The van der Waals surface area contributed by atoms with Crippen LogP contribution in [0.3, 0.4) is 0 Å². The molecule has 1 aromatic carbocycles. The molecule has 0 saturated heterocycles. The molecule has 2 rings (SSSR count). The van der Waals surface area contributed by atoms with Gasteiger partial charge in [0.15, 0.2) is 0 Å². The van der Waals surface area contributed by atoms with E-state index in [0.29, 0.717) is 16.2 Å². The Bertz CT molecular complexity index is 436. The Morgan fingerprint density at radius 1 is 1.50 bits per heavy atom. The second-order valence-corrected chi connectivity index (χ2v) is 6.58. The molecule has 4 heteroatoms. The average molecular weight is 288 g/mol. The van der Waals surface area contributed by atoms with Crippen LogP contribution in [0.1, 0.15) is 37.9 Å². The minimum atomic E-state index is -0.240. The summed E-state index contributed by atoms with van der Waals surface area (Å²) in [6.45, 7) is 7.39. The molecule has 100 valence electrons. The van der Waals surface area contributed by atoms with Crippen LogP contribution in [0.15, 0.2) is 12.1 Å². The summed E-state index contributed by atoms with van der Waals surface area (Å²) in [5.74, 6) is 1.18. The third-order valence-electron chi connectivity index (χ3n) is 3.36. The molecule has 2 unspecified atom stereocenters. The number of fused-ring (bicyclic) bond motifs is 1. The molecule has 1 heterocycles. The van der Waals surface area contributed by atoms with Crippen LogP contribution in [-0.4, -0.2) is 11.8 Å². The van der Waals surface area contributed by atoms with Gasteiger partial charge in [-0.15, -0.1) is 0 Å². The quantitative estimate of drug-likeness (QED) is 0.884. The highest BCUT2D eigenvalue weighted by atomic mass is 35.5. The smallest absolute Gasteiger partial charge is 0.125 e. The van der Waals surface area contributed by atoms with E-state index in [1.54, 1.807) is 6.07 Å². The van der Waals surface area contributed by atoms with Gasteiger partial charge in [0.05, 0.1) is 0 Å². The van der Waals surface area contributed by atoms with Crippen molar-refractivity contribution in [2.75, 3.05) is 6.54 Å². The number of thioether (sulfide) groups is 1. The number of benzene rings is 1. The Hall–Kier alpha value is -0.250. The third-order valence-corrected chi connectivity index (χ3v) is 5.35. The van der Waals surface area contributed by atoms with Gasteiger partial charge in [0.2, 0.25) is 0 Å². The molecule has 0 fully saturated rings. The van der Waals surface area contributed by atoms with Crippen molar-refractivity contribution >= 4 is 23.4 Å². The number of rotatable bonds is 3. The fourth-order valence-electron chi connectivity index (χ4n) is 2.53. The van der Waals surface area contributed by atoms with Crippen LogP contribution < -0.4 is 5.32 Å². The number of halogens is 2. The lowest BCUT2D eigenvalue weighted by Crippen LogP contribution is -2.36. The third kappa shape index (κ3) is 2.68. The molecule has 0 aliphatic carbocycles. The van der Waals surface area contributed by atoms with Crippen molar-refractivity contribution in [2.24, 2.45) is 5.92 Å². The molecule has 0 aromatic heterocycles. The van der Waals surface area contributed by atoms with Crippen LogP contribution >= 0.6 is 23.4 Å². The molecular formula is C14H19ClFNS. The van der Waals surface area contributed by atoms with Crippen molar-refractivity contribution in [2.45, 2.75) is 37.8 Å². The highest BCUT2D eigenvalue weighted by molar-refractivity contribution is 7.99. The van der Waals surface area contributed by atoms with Crippen LogP contribution in [0, 0.1) is 11.7 Å². The van der Waals surface area contributed by atoms with Crippen molar-refractivity contribution < 1.29 is 4.39 Å². The summed E-state index contributed by atoms with van der Waals surface area (Å²) in [6.07, 6.45) is 0. The Morgan fingerprint density at radius 3 is 2.83 bits per heavy atom. The number of hydrogen-bond donors (Lipinski definition) is 1. The first-order chi connectivity index (χ1) is 8.54. The van der Waals surface area contributed by atoms with E-state index in [9.17, 15) is 4.39 Å². The van der Waals surface area contributed by atoms with Gasteiger partial charge < -0.3 is 5.32 Å². The Labute approximate surface area is 117 Å². The highest BCUT2D eigenvalue weighted by Crippen LogP contribution is 2.43. The van der Waals surface area contributed by atoms with Gasteiger partial charge in [-0.3, -0.25) is 0 Å². The average Bonchev–Trinajstić information content (AvgIpc) is 2.29. The summed E-state index contributed by atoms with van der Waals surface area (Å²) in [5, 5.41) is 4.51. The topological polar surface area (TPSA) is 12.0 Å². The monoisotopic (exact) mass is 287 g/mol. The lowest BCUT2D eigenvalue weighted by Gasteiger charge is -2.36. The predicted octanol–water partition coefficient (Wildman–Crippen LogP) is 4.40. The van der Waals surface area contributed by atoms with Crippen molar-refractivity contribution in [3.63, 3.8) is 0 Å². The van der Waals surface area contributed by atoms with E-state index in [4.69, 9.17) is 11.6 Å². The van der Waals surface area contributed by atoms with Crippen molar-refractivity contribution in [3.8, 4) is 0 Å². The molecule has 0 spiro atoms. The second-order valence-electron chi connectivity index (χ2n) is 5.01. The molecule has 0 bridgehead atoms. The van der Waals surface area contributed by atoms with E-state index in [2.05, 4.69) is 26.1 Å². The first-order valence-corrected chi connectivity index (χ1v) is 7.80. The van der Waals surface area contributed by atoms with Gasteiger partial charge >= 0.3 is 0 Å². The lowest BCUT2D eigenvalue weighted by atomic mass is 9.92. The van der Waals surface area contributed by atoms with Gasteiger partial charge in [-0.2, -0.15) is 11.8 Å². The van der Waals surface area contributed by atoms with Crippen molar-refractivity contribution in [1.82, 2.24) is 5.32 Å². The summed E-state index contributed by atoms with van der Waals surface area (Å²) in [4.78, 5) is 0. The van der Waals surface area contributed by atoms with Gasteiger partial charge in [0, 0.05) is 22.1 Å². The zero-order chi connectivity index (χ0) is 13.3. The molecule has 0 radical (unpaired) electrons. The van der Waals surface area contributed by atoms with E-state index in [1.807, 2.05) is 11.8 Å². The van der Waals surface area contributed by atoms with Gasteiger partial charge in [0.25, 0.3) is 0 Å². The van der Waals surface area contributed by atoms with Crippen LogP contribution in [0.5, 0.6) is 0 Å². The van der Waals surface area contributed by atoms with Gasteiger partial charge in [0.1, 0.15) is 5.82 Å². The first kappa shape index (κ1) is 14.2. The summed E-state index contributed by atoms with van der Waals surface area (Å²) >= 11 is 8.07. The number of hydrogen-bond acceptors (Lipinski definition) is 2. The maximum atomic E-state index is 13.6. The second kappa shape index (κ2) is 5.81. The predicted molar refractivity (Wildman–Crippen MR) is 77.7 cm³/mol. The summed E-state index contributed by atoms with van der Waals surface area (Å²) in [6, 6.07) is 3.25. The maximum absolute atomic E-state index is 13.6. The van der Waals surface area contributed by atoms with E-state index in [-0.39, 0.29) is 11.9 Å². The van der Waals surface area contributed by atoms with Gasteiger partial charge in [-0.25, -0.2) is 4.39 Å². The summed E-state index contributed by atoms with van der Waals surface area (Å²) in [7, 11) is 0. The van der Waals surface area contributed by atoms with E-state index in [1.165, 1.54) is 6.07 Å². The zero-order valence-electron chi connectivity index (χ0n) is 11.0. The molecule has 1 nitrogen and oxygen atoms in total. The normalized spacial score (nSPS) is 23.2. The van der Waals surface area contributed by atoms with Crippen molar-refractivity contribution in [1.29, 1.82) is 0 Å². The molecule has 18 heavy (non-hydrogen) atoms. The van der Waals surface area contributed by atoms with Gasteiger partial charge in [-0.1, -0.05) is 32.4 Å². The van der Waals surface area contributed by atoms with E-state index in [0.717, 1.165) is 23.4 Å². The number of nitrogens with one attached hydrogen (secondary N) is 1. The molecule has 1 aliphatic rings. The minimum absolute atomic E-state index is 0.192. The fraction of sp³-hybridized carbons (Fsp3) is 0.571. The first-order valence-electron chi connectivity index (χ1n) is 6.37. The maximum Gasteiger partial charge on any atom is 0.125 e. The van der Waals surface area contributed by atoms with E-state index < -0.39 is 0 Å². The molecule has 0 saturated carbocycles. The fourth-order valence-corrected chi connectivity index (χ4v) is 4.39. The molecule has 0 amide bonds. The molecule has 2 atom stereocenters. The molecule has 1 aliphatic heterocycles. The van der Waals surface area contributed by atoms with Crippen molar-refractivity contribution in [3.05, 3.63) is 34.1 Å². The largest absolute Gasteiger partial charge is 0.309 e. The van der Waals surface area contributed by atoms with Gasteiger partial charge in [-0.05, 0) is 35.7 Å². The summed E-state index contributed by atoms with van der Waals surface area (Å²) in [5.41, 5.74) is 2.13. The standard InChI is InChI=1S/C14H19ClFNS/c1-4-17-13-10-5-9(16)6-12(15)11(10)7-18-14(13)8(2)3/h5-6,8,13-14,17H,4,7H2,1-3H3. The Morgan fingerprint density at radius 2 is 2.22 bits per heavy atom. The van der Waals surface area contributed by atoms with Crippen LogP contribution in [0.2, 0.25) is 5.02 Å². The lowest BCUT2D eigenvalue weighted by molar-refractivity contribution is 0.445. The van der Waals surface area contributed by atoms with Crippen LogP contribution in [-0.2, 0) is 5.75 Å². The van der Waals surface area contributed by atoms with E-state index >= 15 is 0 Å². The highest BCUT2D eigenvalue weighted by Gasteiger charge is 2.33. The Kier molecular flexibility index (Phi) is 4.57. The Balaban J connectivity index is 2.45. The summed E-state index contributed by atoms with van der Waals surface area (Å²) < 4.78 is 13.6. The molecule has 1 N–H and O–H groups in total. The van der Waals surface area contributed by atoms with Crippen LogP contribution in [0.4, 0.5) is 4.39 Å². The minimum Gasteiger partial charge on any atom is -0.309 e. The molecular weight excluding hydrogens is 269 g/mol. The van der Waals surface area contributed by atoms with Crippen LogP contribution in [0.25, 0.3) is 0 Å².